The minimum Gasteiger partial charge on any atom is -0.480 e. The van der Waals surface area contributed by atoms with Gasteiger partial charge in [0.25, 0.3) is 0 Å². The summed E-state index contributed by atoms with van der Waals surface area (Å²) in [6.07, 6.45) is -1.51. The van der Waals surface area contributed by atoms with E-state index in [0.29, 0.717) is 10.6 Å². The predicted octanol–water partition coefficient (Wildman–Crippen LogP) is 4.62. The number of rotatable bonds is 8. The number of likely N-dealkylation sites (tertiary alicyclic amines) is 1. The largest absolute Gasteiger partial charge is 0.480 e. The molecule has 1 aliphatic rings. The Morgan fingerprint density at radius 3 is 2.33 bits per heavy atom. The van der Waals surface area contributed by atoms with E-state index in [1.807, 2.05) is 30.3 Å². The van der Waals surface area contributed by atoms with Gasteiger partial charge in [-0.05, 0) is 44.0 Å². The van der Waals surface area contributed by atoms with Crippen LogP contribution in [0, 0.1) is 0 Å². The SMILES string of the molecule is CN(C(=O)OC(C)(C)C)[C@H](CC(=O)N1C[C@@H](NC(=O)OCc2ccccc2)C[C@H]1C(=O)O)c1ccc(Cl)cc1. The van der Waals surface area contributed by atoms with E-state index in [2.05, 4.69) is 5.32 Å². The number of ether oxygens (including phenoxy) is 2. The lowest BCUT2D eigenvalue weighted by atomic mass is 10.0. The van der Waals surface area contributed by atoms with Gasteiger partial charge in [-0.2, -0.15) is 0 Å². The fourth-order valence-electron chi connectivity index (χ4n) is 4.29. The molecule has 0 aliphatic carbocycles. The fraction of sp³-hybridized carbons (Fsp3) is 0.429. The van der Waals surface area contributed by atoms with Gasteiger partial charge in [0.15, 0.2) is 0 Å². The van der Waals surface area contributed by atoms with Crippen LogP contribution in [-0.4, -0.2) is 70.2 Å². The molecule has 2 aromatic carbocycles. The third kappa shape index (κ3) is 8.61. The number of carbonyl (C=O) groups is 4. The standard InChI is InChI=1S/C28H34ClN3O7/c1-28(2,3)39-27(37)31(4)22(19-10-12-20(29)13-11-19)15-24(33)32-16-21(14-23(32)25(34)35)30-26(36)38-17-18-8-6-5-7-9-18/h5-13,21-23H,14-17H2,1-4H3,(H,30,36)(H,34,35)/t21-,22+,23-/m0/s1. The first kappa shape index (κ1) is 29.8. The van der Waals surface area contributed by atoms with Gasteiger partial charge in [0.05, 0.1) is 18.5 Å². The van der Waals surface area contributed by atoms with Crippen molar-refractivity contribution in [3.8, 4) is 0 Å². The van der Waals surface area contributed by atoms with E-state index in [-0.39, 0.29) is 26.0 Å². The van der Waals surface area contributed by atoms with Crippen LogP contribution in [-0.2, 0) is 25.7 Å². The average molecular weight is 560 g/mol. The Kier molecular flexibility index (Phi) is 9.80. The zero-order valence-electron chi connectivity index (χ0n) is 22.4. The molecule has 39 heavy (non-hydrogen) atoms. The predicted molar refractivity (Wildman–Crippen MR) is 144 cm³/mol. The number of carboxylic acid groups (broad SMARTS) is 1. The highest BCUT2D eigenvalue weighted by atomic mass is 35.5. The van der Waals surface area contributed by atoms with Crippen LogP contribution in [0.5, 0.6) is 0 Å². The summed E-state index contributed by atoms with van der Waals surface area (Å²) in [6, 6.07) is 13.3. The van der Waals surface area contributed by atoms with Gasteiger partial charge in [-0.3, -0.25) is 4.79 Å². The Labute approximate surface area is 232 Å². The number of aliphatic carboxylic acids is 1. The second kappa shape index (κ2) is 12.8. The molecule has 0 unspecified atom stereocenters. The second-order valence-corrected chi connectivity index (χ2v) is 10.8. The van der Waals surface area contributed by atoms with Gasteiger partial charge in [0, 0.05) is 25.0 Å². The topological polar surface area (TPSA) is 125 Å². The van der Waals surface area contributed by atoms with Crippen LogP contribution in [0.25, 0.3) is 0 Å². The van der Waals surface area contributed by atoms with E-state index in [0.717, 1.165) is 5.56 Å². The summed E-state index contributed by atoms with van der Waals surface area (Å²) in [5.41, 5.74) is 0.685. The lowest BCUT2D eigenvalue weighted by Crippen LogP contribution is -2.44. The number of benzene rings is 2. The van der Waals surface area contributed by atoms with Crippen molar-refractivity contribution in [1.82, 2.24) is 15.1 Å². The minimum absolute atomic E-state index is 0.0142. The molecule has 0 saturated carbocycles. The van der Waals surface area contributed by atoms with Crippen molar-refractivity contribution in [1.29, 1.82) is 0 Å². The number of carbonyl (C=O) groups excluding carboxylic acids is 3. The molecule has 0 radical (unpaired) electrons. The molecule has 210 valence electrons. The van der Waals surface area contributed by atoms with E-state index < -0.39 is 47.8 Å². The molecule has 1 aliphatic heterocycles. The summed E-state index contributed by atoms with van der Waals surface area (Å²) in [5, 5.41) is 13.0. The number of hydrogen-bond acceptors (Lipinski definition) is 6. The number of carboxylic acids is 1. The molecular formula is C28H34ClN3O7. The molecule has 0 spiro atoms. The molecule has 1 heterocycles. The normalized spacial score (nSPS) is 17.7. The Balaban J connectivity index is 1.71. The Morgan fingerprint density at radius 1 is 1.10 bits per heavy atom. The molecule has 3 amide bonds. The highest BCUT2D eigenvalue weighted by Gasteiger charge is 2.41. The highest BCUT2D eigenvalue weighted by Crippen LogP contribution is 2.29. The number of amides is 3. The Bertz CT molecular complexity index is 1170. The molecule has 1 fully saturated rings. The lowest BCUT2D eigenvalue weighted by molar-refractivity contribution is -0.148. The number of alkyl carbamates (subject to hydrolysis) is 1. The summed E-state index contributed by atoms with van der Waals surface area (Å²) in [5.74, 6) is -1.67. The maximum atomic E-state index is 13.5. The summed E-state index contributed by atoms with van der Waals surface area (Å²) in [7, 11) is 1.52. The van der Waals surface area contributed by atoms with Crippen molar-refractivity contribution in [2.24, 2.45) is 0 Å². The van der Waals surface area contributed by atoms with Crippen LogP contribution in [0.15, 0.2) is 54.6 Å². The van der Waals surface area contributed by atoms with Gasteiger partial charge in [0.2, 0.25) is 5.91 Å². The van der Waals surface area contributed by atoms with Gasteiger partial charge in [0.1, 0.15) is 18.2 Å². The Hall–Kier alpha value is -3.79. The van der Waals surface area contributed by atoms with Crippen molar-refractivity contribution in [2.45, 2.75) is 63.9 Å². The molecule has 11 heteroatoms. The van der Waals surface area contributed by atoms with Crippen LogP contribution < -0.4 is 5.32 Å². The summed E-state index contributed by atoms with van der Waals surface area (Å²) in [4.78, 5) is 53.2. The van der Waals surface area contributed by atoms with Crippen LogP contribution in [0.3, 0.4) is 0 Å². The first-order chi connectivity index (χ1) is 18.3. The Morgan fingerprint density at radius 2 is 1.74 bits per heavy atom. The number of halogens is 1. The first-order valence-corrected chi connectivity index (χ1v) is 12.9. The lowest BCUT2D eigenvalue weighted by Gasteiger charge is -2.32. The van der Waals surface area contributed by atoms with Gasteiger partial charge >= 0.3 is 18.2 Å². The number of nitrogens with one attached hydrogen (secondary N) is 1. The van der Waals surface area contributed by atoms with Crippen LogP contribution in [0.4, 0.5) is 9.59 Å². The zero-order valence-corrected chi connectivity index (χ0v) is 23.2. The van der Waals surface area contributed by atoms with Crippen LogP contribution in [0.1, 0.15) is 50.8 Å². The number of nitrogens with zero attached hydrogens (tertiary/aromatic N) is 2. The van der Waals surface area contributed by atoms with Gasteiger partial charge in [-0.15, -0.1) is 0 Å². The van der Waals surface area contributed by atoms with Crippen LogP contribution in [0.2, 0.25) is 5.02 Å². The van der Waals surface area contributed by atoms with Gasteiger partial charge < -0.3 is 29.7 Å². The second-order valence-electron chi connectivity index (χ2n) is 10.4. The summed E-state index contributed by atoms with van der Waals surface area (Å²) >= 11 is 6.03. The van der Waals surface area contributed by atoms with E-state index in [4.69, 9.17) is 21.1 Å². The molecule has 10 nitrogen and oxygen atoms in total. The maximum Gasteiger partial charge on any atom is 0.410 e. The third-order valence-corrected chi connectivity index (χ3v) is 6.46. The molecule has 0 aromatic heterocycles. The van der Waals surface area contributed by atoms with Crippen molar-refractivity contribution in [2.75, 3.05) is 13.6 Å². The highest BCUT2D eigenvalue weighted by molar-refractivity contribution is 6.30. The molecule has 2 N–H and O–H groups in total. The maximum absolute atomic E-state index is 13.5. The number of hydrogen-bond donors (Lipinski definition) is 2. The van der Waals surface area contributed by atoms with Crippen molar-refractivity contribution >= 4 is 35.7 Å². The third-order valence-electron chi connectivity index (χ3n) is 6.21. The van der Waals surface area contributed by atoms with E-state index in [1.54, 1.807) is 45.0 Å². The van der Waals surface area contributed by atoms with E-state index >= 15 is 0 Å². The fourth-order valence-corrected chi connectivity index (χ4v) is 4.41. The molecule has 3 atom stereocenters. The van der Waals surface area contributed by atoms with Crippen molar-refractivity contribution in [3.63, 3.8) is 0 Å². The van der Waals surface area contributed by atoms with E-state index in [9.17, 15) is 24.3 Å². The van der Waals surface area contributed by atoms with Crippen molar-refractivity contribution < 1.29 is 33.8 Å². The summed E-state index contributed by atoms with van der Waals surface area (Å²) < 4.78 is 10.7. The molecule has 3 rings (SSSR count). The van der Waals surface area contributed by atoms with Gasteiger partial charge in [-0.25, -0.2) is 14.4 Å². The zero-order chi connectivity index (χ0) is 28.7. The monoisotopic (exact) mass is 559 g/mol. The molecule has 1 saturated heterocycles. The quantitative estimate of drug-likeness (QED) is 0.483. The average Bonchev–Trinajstić information content (AvgIpc) is 3.30. The summed E-state index contributed by atoms with van der Waals surface area (Å²) in [6.45, 7) is 5.26. The molecular weight excluding hydrogens is 526 g/mol. The van der Waals surface area contributed by atoms with Crippen molar-refractivity contribution in [3.05, 3.63) is 70.7 Å². The first-order valence-electron chi connectivity index (χ1n) is 12.5. The molecule has 0 bridgehead atoms. The van der Waals surface area contributed by atoms with Crippen LogP contribution >= 0.6 is 11.6 Å². The minimum atomic E-state index is -1.19. The van der Waals surface area contributed by atoms with Gasteiger partial charge in [-0.1, -0.05) is 54.1 Å². The molecule has 2 aromatic rings. The smallest absolute Gasteiger partial charge is 0.410 e. The van der Waals surface area contributed by atoms with E-state index in [1.165, 1.54) is 16.8 Å².